The summed E-state index contributed by atoms with van der Waals surface area (Å²) >= 11 is 5.98. The summed E-state index contributed by atoms with van der Waals surface area (Å²) in [6, 6.07) is 17.7. The van der Waals surface area contributed by atoms with E-state index in [4.69, 9.17) is 16.3 Å². The molecule has 1 saturated carbocycles. The molecule has 0 radical (unpaired) electrons. The predicted molar refractivity (Wildman–Crippen MR) is 183 cm³/mol. The molecule has 1 fully saturated rings. The summed E-state index contributed by atoms with van der Waals surface area (Å²) in [4.78, 5) is 27.2. The molecule has 2 heterocycles. The lowest BCUT2D eigenvalue weighted by molar-refractivity contribution is -0.163. The fourth-order valence-corrected chi connectivity index (χ4v) is 7.72. The number of hydrogen-bond donors (Lipinski definition) is 0. The number of halogens is 6. The first-order valence-electron chi connectivity index (χ1n) is 16.4. The van der Waals surface area contributed by atoms with Crippen molar-refractivity contribution in [1.82, 2.24) is 4.31 Å². The van der Waals surface area contributed by atoms with Gasteiger partial charge in [0.2, 0.25) is 21.7 Å². The van der Waals surface area contributed by atoms with Crippen molar-refractivity contribution in [3.63, 3.8) is 0 Å². The van der Waals surface area contributed by atoms with Crippen LogP contribution < -0.4 is 4.90 Å². The monoisotopic (exact) mass is 760 g/mol. The van der Waals surface area contributed by atoms with Gasteiger partial charge in [-0.15, -0.1) is 0 Å². The second-order valence-electron chi connectivity index (χ2n) is 14.1. The number of fused-ring (bicyclic) bond motifs is 6. The van der Waals surface area contributed by atoms with Gasteiger partial charge in [0.15, 0.2) is 28.2 Å². The number of carbonyl (C=O) groups excluding carboxylic acids is 2. The maximum Gasteiger partial charge on any atom is 0.316 e. The van der Waals surface area contributed by atoms with Gasteiger partial charge in [0.1, 0.15) is 5.60 Å². The van der Waals surface area contributed by atoms with Gasteiger partial charge in [0.25, 0.3) is 0 Å². The van der Waals surface area contributed by atoms with Gasteiger partial charge in [0, 0.05) is 17.3 Å². The molecule has 52 heavy (non-hydrogen) atoms. The molecule has 14 heteroatoms. The van der Waals surface area contributed by atoms with Gasteiger partial charge >= 0.3 is 5.97 Å². The molecule has 0 atom stereocenters. The maximum atomic E-state index is 15.0. The highest BCUT2D eigenvalue weighted by Crippen LogP contribution is 2.43. The Morgan fingerprint density at radius 3 is 2.00 bits per heavy atom. The molecule has 7 nitrogen and oxygen atoms in total. The molecule has 0 unspecified atom stereocenters. The summed E-state index contributed by atoms with van der Waals surface area (Å²) in [5.74, 6) is -13.7. The molecule has 2 aliphatic heterocycles. The number of esters is 1. The molecule has 0 aromatic heterocycles. The van der Waals surface area contributed by atoms with Crippen LogP contribution in [-0.2, 0) is 48.5 Å². The smallest absolute Gasteiger partial charge is 0.316 e. The van der Waals surface area contributed by atoms with Crippen molar-refractivity contribution in [2.24, 2.45) is 0 Å². The summed E-state index contributed by atoms with van der Waals surface area (Å²) in [6.45, 7) is 5.06. The third kappa shape index (κ3) is 7.05. The van der Waals surface area contributed by atoms with E-state index in [2.05, 4.69) is 0 Å². The Morgan fingerprint density at radius 1 is 0.846 bits per heavy atom. The zero-order chi connectivity index (χ0) is 37.9. The van der Waals surface area contributed by atoms with Gasteiger partial charge in [-0.3, -0.25) is 9.59 Å². The minimum absolute atomic E-state index is 0.115. The van der Waals surface area contributed by atoms with Crippen molar-refractivity contribution in [3.05, 3.63) is 129 Å². The first kappa shape index (κ1) is 37.4. The highest BCUT2D eigenvalue weighted by atomic mass is 35.5. The van der Waals surface area contributed by atoms with Gasteiger partial charge in [-0.1, -0.05) is 54.1 Å². The molecule has 274 valence electrons. The topological polar surface area (TPSA) is 84.0 Å². The molecule has 0 saturated heterocycles. The lowest BCUT2D eigenvalue weighted by atomic mass is 9.84. The highest BCUT2D eigenvalue weighted by molar-refractivity contribution is 7.89. The van der Waals surface area contributed by atoms with Crippen molar-refractivity contribution in [1.29, 1.82) is 0 Å². The molecule has 4 bridgehead atoms. The van der Waals surface area contributed by atoms with Crippen molar-refractivity contribution in [3.8, 4) is 0 Å². The van der Waals surface area contributed by atoms with E-state index in [-0.39, 0.29) is 28.7 Å². The number of carbonyl (C=O) groups is 2. The lowest BCUT2D eigenvalue weighted by Gasteiger charge is -2.32. The Hall–Kier alpha value is -4.33. The quantitative estimate of drug-likeness (QED) is 0.0818. The highest BCUT2D eigenvalue weighted by Gasteiger charge is 2.40. The third-order valence-electron chi connectivity index (χ3n) is 9.51. The number of hydrogen-bond acceptors (Lipinski definition) is 5. The Bertz CT molecular complexity index is 2160. The standard InChI is InChI=1S/C38H34ClF5N2O5S/c1-37(2)25-9-13-28(14-10-25)46(19-22-15-24(23-7-8-23)17-26(16-22)38(3,4)51-36(37)48)29(47)20-45(18-21-5-11-27(39)12-6-21)52(49,50)35-33(43)31(41)30(40)32(42)34(35)44/h5-6,9-17,23H,7-8,18-20H2,1-4H3. The fourth-order valence-electron chi connectivity index (χ4n) is 6.11. The average Bonchev–Trinajstić information content (AvgIpc) is 3.95. The summed E-state index contributed by atoms with van der Waals surface area (Å²) < 4.78 is 107. The zero-order valence-electron chi connectivity index (χ0n) is 28.6. The molecular formula is C38H34ClF5N2O5S. The number of sulfonamides is 1. The van der Waals surface area contributed by atoms with E-state index in [9.17, 15) is 31.2 Å². The maximum absolute atomic E-state index is 15.0. The SMILES string of the molecule is CC1(C)OC(=O)C(C)(C)c2ccc(cc2)N(C(=O)CN(Cc2ccc(Cl)cc2)S(=O)(=O)c2c(F)c(F)c(F)c(F)c2F)Cc2cc(C3CC3)cc1c2. The van der Waals surface area contributed by atoms with E-state index >= 15 is 8.78 Å². The Balaban J connectivity index is 1.48. The summed E-state index contributed by atoms with van der Waals surface area (Å²) in [6.07, 6.45) is 1.88. The van der Waals surface area contributed by atoms with E-state index in [0.717, 1.165) is 18.4 Å². The van der Waals surface area contributed by atoms with E-state index < -0.39 is 80.0 Å². The second kappa shape index (κ2) is 13.6. The van der Waals surface area contributed by atoms with Crippen LogP contribution in [-0.4, -0.2) is 31.1 Å². The van der Waals surface area contributed by atoms with Crippen LogP contribution in [0.15, 0.2) is 71.6 Å². The molecule has 1 aliphatic carbocycles. The molecular weight excluding hydrogens is 727 g/mol. The first-order chi connectivity index (χ1) is 24.3. The van der Waals surface area contributed by atoms with Crippen molar-refractivity contribution in [2.45, 2.75) is 75.5 Å². The first-order valence-corrected chi connectivity index (χ1v) is 18.2. The van der Waals surface area contributed by atoms with Crippen LogP contribution in [0.3, 0.4) is 0 Å². The minimum atomic E-state index is -5.57. The summed E-state index contributed by atoms with van der Waals surface area (Å²) in [7, 11) is -5.57. The van der Waals surface area contributed by atoms with Crippen molar-refractivity contribution >= 4 is 39.2 Å². The van der Waals surface area contributed by atoms with Gasteiger partial charge < -0.3 is 9.64 Å². The summed E-state index contributed by atoms with van der Waals surface area (Å²) in [5.41, 5.74) is 1.10. The average molecular weight is 761 g/mol. The number of nitrogens with zero attached hydrogens (tertiary/aromatic N) is 2. The molecule has 4 aromatic rings. The summed E-state index contributed by atoms with van der Waals surface area (Å²) in [5, 5.41) is 0.277. The Labute approximate surface area is 303 Å². The van der Waals surface area contributed by atoms with Crippen LogP contribution in [0.5, 0.6) is 0 Å². The number of amides is 1. The van der Waals surface area contributed by atoms with Crippen LogP contribution in [0.25, 0.3) is 0 Å². The van der Waals surface area contributed by atoms with Gasteiger partial charge in [-0.25, -0.2) is 30.4 Å². The molecule has 3 aliphatic rings. The predicted octanol–water partition coefficient (Wildman–Crippen LogP) is 8.41. The number of ether oxygens (including phenoxy) is 1. The lowest BCUT2D eigenvalue weighted by Crippen LogP contribution is -2.43. The van der Waals surface area contributed by atoms with E-state index in [1.807, 2.05) is 12.1 Å². The van der Waals surface area contributed by atoms with Gasteiger partial charge in [-0.2, -0.15) is 4.31 Å². The number of benzene rings is 4. The molecule has 7 rings (SSSR count). The fraction of sp³-hybridized carbons (Fsp3) is 0.316. The Morgan fingerprint density at radius 2 is 1.42 bits per heavy atom. The van der Waals surface area contributed by atoms with Crippen LogP contribution in [0, 0.1) is 29.1 Å². The minimum Gasteiger partial charge on any atom is -0.454 e. The van der Waals surface area contributed by atoms with Crippen molar-refractivity contribution < 1.29 is 44.7 Å². The number of anilines is 1. The van der Waals surface area contributed by atoms with Crippen LogP contribution >= 0.6 is 11.6 Å². The normalized spacial score (nSPS) is 17.0. The largest absolute Gasteiger partial charge is 0.454 e. The van der Waals surface area contributed by atoms with Crippen LogP contribution in [0.2, 0.25) is 5.02 Å². The van der Waals surface area contributed by atoms with Gasteiger partial charge in [0.05, 0.1) is 18.5 Å². The molecule has 1 amide bonds. The van der Waals surface area contributed by atoms with E-state index in [1.54, 1.807) is 58.0 Å². The Kier molecular flexibility index (Phi) is 9.77. The molecule has 0 spiro atoms. The van der Waals surface area contributed by atoms with Crippen LogP contribution in [0.1, 0.15) is 74.3 Å². The van der Waals surface area contributed by atoms with Crippen molar-refractivity contribution in [2.75, 3.05) is 11.4 Å². The molecule has 0 N–H and O–H groups in total. The second-order valence-corrected chi connectivity index (χ2v) is 16.4. The van der Waals surface area contributed by atoms with E-state index in [1.165, 1.54) is 29.2 Å². The van der Waals surface area contributed by atoms with Crippen LogP contribution in [0.4, 0.5) is 27.6 Å². The zero-order valence-corrected chi connectivity index (χ0v) is 30.1. The van der Waals surface area contributed by atoms with Gasteiger partial charge in [-0.05, 0) is 98.5 Å². The third-order valence-corrected chi connectivity index (χ3v) is 11.6. The van der Waals surface area contributed by atoms with E-state index in [0.29, 0.717) is 21.0 Å². The number of rotatable bonds is 7. The molecule has 4 aromatic carbocycles.